The molecule has 0 atom stereocenters. The van der Waals surface area contributed by atoms with E-state index in [0.29, 0.717) is 0 Å². The molecule has 0 spiro atoms. The average molecular weight is 640 g/mol. The van der Waals surface area contributed by atoms with Crippen molar-refractivity contribution in [3.05, 3.63) is 131 Å². The molecule has 0 saturated heterocycles. The first-order valence-corrected chi connectivity index (χ1v) is 17.9. The van der Waals surface area contributed by atoms with Gasteiger partial charge in [0.05, 0.1) is 11.2 Å². The Bertz CT molecular complexity index is 1810. The number of rotatable bonds is 10. The smallest absolute Gasteiger partial charge is 0.208 e. The SMILES string of the molecule is CCCN1/C(=C/C=C2\CCCC(C=[C-]C3=[N+](CCC)c4ccccc4C3(C)C)=C2Oc2ccc(N(C)C)cc2)C(C)(C)c2ccccc21. The van der Waals surface area contributed by atoms with Crippen molar-refractivity contribution in [1.82, 2.24) is 0 Å². The molecule has 48 heavy (non-hydrogen) atoms. The van der Waals surface area contributed by atoms with E-state index in [4.69, 9.17) is 4.74 Å². The highest BCUT2D eigenvalue weighted by Crippen LogP contribution is 2.48. The number of hydrogen-bond acceptors (Lipinski definition) is 3. The fourth-order valence-electron chi connectivity index (χ4n) is 7.74. The van der Waals surface area contributed by atoms with E-state index in [1.54, 1.807) is 0 Å². The first-order chi connectivity index (χ1) is 23.1. The molecule has 6 rings (SSSR count). The van der Waals surface area contributed by atoms with Crippen LogP contribution in [-0.2, 0) is 10.8 Å². The fraction of sp³-hybridized carbons (Fsp3) is 0.386. The Hall–Kier alpha value is -4.31. The zero-order chi connectivity index (χ0) is 34.1. The minimum absolute atomic E-state index is 0.0802. The van der Waals surface area contributed by atoms with Gasteiger partial charge in [0.1, 0.15) is 18.0 Å². The number of anilines is 2. The van der Waals surface area contributed by atoms with Gasteiger partial charge >= 0.3 is 0 Å². The average Bonchev–Trinajstić information content (AvgIpc) is 3.42. The maximum atomic E-state index is 6.88. The van der Waals surface area contributed by atoms with Crippen molar-refractivity contribution in [2.24, 2.45) is 0 Å². The molecule has 4 heteroatoms. The van der Waals surface area contributed by atoms with Crippen LogP contribution in [0.15, 0.2) is 114 Å². The number of fused-ring (bicyclic) bond motifs is 2. The third kappa shape index (κ3) is 6.18. The maximum Gasteiger partial charge on any atom is 0.208 e. The Morgan fingerprint density at radius 2 is 1.54 bits per heavy atom. The first-order valence-electron chi connectivity index (χ1n) is 17.9. The molecule has 0 aromatic heterocycles. The molecule has 0 saturated carbocycles. The third-order valence-corrected chi connectivity index (χ3v) is 10.3. The van der Waals surface area contributed by atoms with Crippen molar-refractivity contribution >= 4 is 22.8 Å². The summed E-state index contributed by atoms with van der Waals surface area (Å²) in [5.74, 6) is 1.83. The summed E-state index contributed by atoms with van der Waals surface area (Å²) in [5.41, 5.74) is 11.4. The lowest BCUT2D eigenvalue weighted by Gasteiger charge is -2.29. The molecule has 250 valence electrons. The Morgan fingerprint density at radius 1 is 0.833 bits per heavy atom. The molecule has 0 bridgehead atoms. The summed E-state index contributed by atoms with van der Waals surface area (Å²) in [6, 6.07) is 26.2. The highest BCUT2D eigenvalue weighted by atomic mass is 16.5. The summed E-state index contributed by atoms with van der Waals surface area (Å²) in [6.07, 6.45) is 16.0. The van der Waals surface area contributed by atoms with Crippen molar-refractivity contribution in [1.29, 1.82) is 0 Å². The quantitative estimate of drug-likeness (QED) is 0.162. The van der Waals surface area contributed by atoms with Crippen molar-refractivity contribution < 1.29 is 9.31 Å². The Kier molecular flexibility index (Phi) is 9.56. The van der Waals surface area contributed by atoms with Crippen molar-refractivity contribution in [3.63, 3.8) is 0 Å². The van der Waals surface area contributed by atoms with Crippen molar-refractivity contribution in [2.45, 2.75) is 84.5 Å². The van der Waals surface area contributed by atoms with Gasteiger partial charge in [-0.1, -0.05) is 83.0 Å². The van der Waals surface area contributed by atoms with Crippen LogP contribution >= 0.6 is 0 Å². The minimum atomic E-state index is -0.130. The van der Waals surface area contributed by atoms with Crippen LogP contribution in [0.2, 0.25) is 0 Å². The van der Waals surface area contributed by atoms with E-state index in [-0.39, 0.29) is 10.8 Å². The Labute approximate surface area is 289 Å². The van der Waals surface area contributed by atoms with Crippen LogP contribution < -0.4 is 14.5 Å². The molecule has 4 nitrogen and oxygen atoms in total. The molecule has 0 N–H and O–H groups in total. The molecule has 3 aromatic rings. The van der Waals surface area contributed by atoms with Crippen LogP contribution in [0.1, 0.15) is 84.8 Å². The number of benzene rings is 3. The summed E-state index contributed by atoms with van der Waals surface area (Å²) in [4.78, 5) is 4.64. The number of para-hydroxylation sites is 2. The highest BCUT2D eigenvalue weighted by Gasteiger charge is 2.41. The van der Waals surface area contributed by atoms with E-state index in [0.717, 1.165) is 62.4 Å². The van der Waals surface area contributed by atoms with Gasteiger partial charge in [-0.2, -0.15) is 11.6 Å². The normalized spacial score (nSPS) is 19.9. The number of allylic oxidation sites excluding steroid dienone is 7. The zero-order valence-electron chi connectivity index (χ0n) is 30.4. The number of hydrogen-bond donors (Lipinski definition) is 0. The molecular formula is C44H53N3O. The molecule has 0 amide bonds. The standard InChI is InChI=1S/C44H53N3O/c1-9-30-46-38-20-13-11-18-36(38)43(3,4)40(46)28-22-32-16-15-17-33(42(32)48-35-26-24-34(25-27-35)45(7)8)23-29-41-44(5,6)37-19-12-14-21-39(37)47(41)31-10-2/h11-14,18-28H,9-10,15-17,30-31H2,1-8H3. The van der Waals surface area contributed by atoms with Crippen molar-refractivity contribution in [3.8, 4) is 5.75 Å². The van der Waals surface area contributed by atoms with E-state index in [9.17, 15) is 0 Å². The van der Waals surface area contributed by atoms with Crippen molar-refractivity contribution in [2.75, 3.05) is 37.0 Å². The van der Waals surface area contributed by atoms with Gasteiger partial charge in [-0.05, 0) is 74.2 Å². The van der Waals surface area contributed by atoms with E-state index in [1.807, 2.05) is 0 Å². The largest absolute Gasteiger partial charge is 0.476 e. The molecule has 1 aliphatic carbocycles. The fourth-order valence-corrected chi connectivity index (χ4v) is 7.74. The third-order valence-electron chi connectivity index (χ3n) is 10.3. The molecule has 3 aliphatic rings. The Morgan fingerprint density at radius 3 is 2.25 bits per heavy atom. The number of nitrogens with zero attached hydrogens (tertiary/aromatic N) is 3. The van der Waals surface area contributed by atoms with E-state index in [2.05, 4.69) is 167 Å². The molecule has 2 aliphatic heterocycles. The molecular weight excluding hydrogens is 587 g/mol. The summed E-state index contributed by atoms with van der Waals surface area (Å²) >= 11 is 0. The van der Waals surface area contributed by atoms with Crippen LogP contribution in [-0.4, -0.2) is 37.5 Å². The molecule has 0 radical (unpaired) electrons. The maximum absolute atomic E-state index is 6.88. The van der Waals surface area contributed by atoms with E-state index >= 15 is 0 Å². The van der Waals surface area contributed by atoms with Crippen LogP contribution in [0.3, 0.4) is 0 Å². The van der Waals surface area contributed by atoms with Gasteiger partial charge in [0.15, 0.2) is 0 Å². The second-order valence-corrected chi connectivity index (χ2v) is 14.7. The molecule has 3 aromatic carbocycles. The van der Waals surface area contributed by atoms with E-state index < -0.39 is 0 Å². The summed E-state index contributed by atoms with van der Waals surface area (Å²) in [5, 5.41) is 0. The highest BCUT2D eigenvalue weighted by molar-refractivity contribution is 6.00. The topological polar surface area (TPSA) is 18.7 Å². The predicted octanol–water partition coefficient (Wildman–Crippen LogP) is 10.4. The van der Waals surface area contributed by atoms with E-state index in [1.165, 1.54) is 45.1 Å². The van der Waals surface area contributed by atoms with Gasteiger partial charge in [-0.15, -0.1) is 0 Å². The predicted molar refractivity (Wildman–Crippen MR) is 203 cm³/mol. The molecule has 2 heterocycles. The summed E-state index contributed by atoms with van der Waals surface area (Å²) < 4.78 is 9.35. The van der Waals surface area contributed by atoms with Gasteiger partial charge in [0.25, 0.3) is 0 Å². The summed E-state index contributed by atoms with van der Waals surface area (Å²) in [7, 11) is 4.14. The first kappa shape index (κ1) is 33.6. The van der Waals surface area contributed by atoms with Crippen LogP contribution in [0.5, 0.6) is 5.75 Å². The van der Waals surface area contributed by atoms with Crippen LogP contribution in [0, 0.1) is 6.08 Å². The lowest BCUT2D eigenvalue weighted by molar-refractivity contribution is -0.437. The second-order valence-electron chi connectivity index (χ2n) is 14.7. The van der Waals surface area contributed by atoms with Crippen LogP contribution in [0.25, 0.3) is 0 Å². The van der Waals surface area contributed by atoms with Gasteiger partial charge in [-0.25, -0.2) is 10.7 Å². The second kappa shape index (κ2) is 13.7. The van der Waals surface area contributed by atoms with Gasteiger partial charge < -0.3 is 14.5 Å². The van der Waals surface area contributed by atoms with Gasteiger partial charge in [-0.3, -0.25) is 0 Å². The summed E-state index contributed by atoms with van der Waals surface area (Å²) in [6.45, 7) is 15.9. The molecule has 0 fully saturated rings. The molecule has 0 unspecified atom stereocenters. The number of ether oxygens (including phenoxy) is 1. The zero-order valence-corrected chi connectivity index (χ0v) is 30.4. The van der Waals surface area contributed by atoms with Gasteiger partial charge in [0.2, 0.25) is 5.69 Å². The minimum Gasteiger partial charge on any atom is -0.476 e. The van der Waals surface area contributed by atoms with Gasteiger partial charge in [0, 0.05) is 61.2 Å². The monoisotopic (exact) mass is 639 g/mol. The lowest BCUT2D eigenvalue weighted by atomic mass is 9.81. The lowest BCUT2D eigenvalue weighted by Crippen LogP contribution is -2.28. The Balaban J connectivity index is 1.45. The van der Waals surface area contributed by atoms with Crippen LogP contribution in [0.4, 0.5) is 17.1 Å².